The molecule has 1 aliphatic rings. The van der Waals surface area contributed by atoms with Crippen LogP contribution in [-0.2, 0) is 4.74 Å². The molecule has 2 heterocycles. The van der Waals surface area contributed by atoms with E-state index in [0.717, 1.165) is 13.2 Å². The molecule has 1 aromatic rings. The van der Waals surface area contributed by atoms with Crippen molar-refractivity contribution in [1.82, 2.24) is 9.78 Å². The Morgan fingerprint density at radius 3 is 2.90 bits per heavy atom. The Labute approximate surface area is 63.5 Å². The highest BCUT2D eigenvalue weighted by Gasteiger charge is 2.20. The van der Waals surface area contributed by atoms with E-state index in [0.29, 0.717) is 11.1 Å². The summed E-state index contributed by atoms with van der Waals surface area (Å²) < 4.78 is 6.83. The van der Waals surface area contributed by atoms with Crippen LogP contribution in [0.25, 0.3) is 0 Å². The maximum atomic E-state index is 5.66. The zero-order chi connectivity index (χ0) is 6.97. The average Bonchev–Trinajstić information content (AvgIpc) is 2.10. The van der Waals surface area contributed by atoms with Crippen LogP contribution >= 0.6 is 11.6 Å². The summed E-state index contributed by atoms with van der Waals surface area (Å²) in [6.45, 7) is 1.52. The number of halogens is 1. The van der Waals surface area contributed by atoms with Crippen molar-refractivity contribution in [1.29, 1.82) is 0 Å². The maximum Gasteiger partial charge on any atom is 0.0986 e. The van der Waals surface area contributed by atoms with Crippen LogP contribution in [0.1, 0.15) is 6.04 Å². The van der Waals surface area contributed by atoms with Crippen LogP contribution in [-0.4, -0.2) is 23.0 Å². The first-order valence-corrected chi connectivity index (χ1v) is 3.51. The van der Waals surface area contributed by atoms with Crippen LogP contribution in [0.4, 0.5) is 0 Å². The molecule has 0 radical (unpaired) electrons. The highest BCUT2D eigenvalue weighted by molar-refractivity contribution is 6.30. The molecule has 1 aliphatic heterocycles. The van der Waals surface area contributed by atoms with Gasteiger partial charge in [0.15, 0.2) is 0 Å². The monoisotopic (exact) mass is 158 g/mol. The number of ether oxygens (including phenoxy) is 1. The molecule has 4 heteroatoms. The molecule has 0 amide bonds. The third kappa shape index (κ3) is 0.914. The molecule has 0 bridgehead atoms. The van der Waals surface area contributed by atoms with Crippen LogP contribution in [0, 0.1) is 0 Å². The summed E-state index contributed by atoms with van der Waals surface area (Å²) in [5.74, 6) is 0. The van der Waals surface area contributed by atoms with Crippen molar-refractivity contribution in [2.24, 2.45) is 0 Å². The lowest BCUT2D eigenvalue weighted by Crippen LogP contribution is -2.30. The molecular weight excluding hydrogens is 152 g/mol. The smallest absolute Gasteiger partial charge is 0.0986 e. The minimum absolute atomic E-state index is 0.410. The van der Waals surface area contributed by atoms with E-state index in [9.17, 15) is 0 Å². The van der Waals surface area contributed by atoms with Crippen molar-refractivity contribution in [3.63, 3.8) is 0 Å². The van der Waals surface area contributed by atoms with Gasteiger partial charge < -0.3 is 4.74 Å². The first-order valence-electron chi connectivity index (χ1n) is 3.13. The zero-order valence-electron chi connectivity index (χ0n) is 5.33. The molecule has 1 aromatic heterocycles. The van der Waals surface area contributed by atoms with E-state index in [-0.39, 0.29) is 0 Å². The van der Waals surface area contributed by atoms with E-state index in [2.05, 4.69) is 5.10 Å². The predicted octanol–water partition coefficient (Wildman–Crippen LogP) is 1.11. The van der Waals surface area contributed by atoms with Gasteiger partial charge in [0.05, 0.1) is 30.5 Å². The van der Waals surface area contributed by atoms with Gasteiger partial charge in [-0.15, -0.1) is 0 Å². The number of aromatic nitrogens is 2. The summed E-state index contributed by atoms with van der Waals surface area (Å²) in [5, 5.41) is 4.73. The molecule has 1 saturated heterocycles. The van der Waals surface area contributed by atoms with Gasteiger partial charge in [0.1, 0.15) is 0 Å². The van der Waals surface area contributed by atoms with Gasteiger partial charge in [-0.1, -0.05) is 11.6 Å². The fourth-order valence-corrected chi connectivity index (χ4v) is 1.03. The molecule has 3 nitrogen and oxygen atoms in total. The molecule has 0 spiro atoms. The van der Waals surface area contributed by atoms with Crippen molar-refractivity contribution >= 4 is 11.6 Å². The molecule has 0 N–H and O–H groups in total. The molecule has 0 aromatic carbocycles. The minimum Gasteiger partial charge on any atom is -0.377 e. The molecule has 10 heavy (non-hydrogen) atoms. The van der Waals surface area contributed by atoms with Gasteiger partial charge in [0.2, 0.25) is 0 Å². The molecule has 0 aliphatic carbocycles. The first kappa shape index (κ1) is 6.19. The van der Waals surface area contributed by atoms with Gasteiger partial charge in [-0.05, 0) is 0 Å². The molecular formula is C6H7ClN2O. The Balaban J connectivity index is 2.17. The zero-order valence-corrected chi connectivity index (χ0v) is 6.08. The summed E-state index contributed by atoms with van der Waals surface area (Å²) in [4.78, 5) is 0. The Kier molecular flexibility index (Phi) is 1.39. The van der Waals surface area contributed by atoms with Crippen LogP contribution < -0.4 is 0 Å². The second kappa shape index (κ2) is 2.25. The normalized spacial score (nSPS) is 18.9. The minimum atomic E-state index is 0.410. The third-order valence-electron chi connectivity index (χ3n) is 1.56. The molecule has 0 unspecified atom stereocenters. The Morgan fingerprint density at radius 1 is 1.70 bits per heavy atom. The standard InChI is InChI=1S/C6H7ClN2O/c7-5-1-8-9(2-5)6-3-10-4-6/h1-2,6H,3-4H2. The fourth-order valence-electron chi connectivity index (χ4n) is 0.891. The Bertz CT molecular complexity index is 231. The van der Waals surface area contributed by atoms with Crippen molar-refractivity contribution < 1.29 is 4.74 Å². The van der Waals surface area contributed by atoms with Gasteiger partial charge in [-0.25, -0.2) is 0 Å². The summed E-state index contributed by atoms with van der Waals surface area (Å²) in [7, 11) is 0. The number of nitrogens with zero attached hydrogens (tertiary/aromatic N) is 2. The topological polar surface area (TPSA) is 27.1 Å². The summed E-state index contributed by atoms with van der Waals surface area (Å²) >= 11 is 5.66. The third-order valence-corrected chi connectivity index (χ3v) is 1.76. The molecule has 1 fully saturated rings. The SMILES string of the molecule is Clc1cnn(C2COC2)c1. The first-order chi connectivity index (χ1) is 4.86. The largest absolute Gasteiger partial charge is 0.377 e. The van der Waals surface area contributed by atoms with Crippen LogP contribution in [0.15, 0.2) is 12.4 Å². The van der Waals surface area contributed by atoms with E-state index in [1.807, 2.05) is 10.9 Å². The lowest BCUT2D eigenvalue weighted by Gasteiger charge is -2.25. The van der Waals surface area contributed by atoms with Crippen molar-refractivity contribution in [2.75, 3.05) is 13.2 Å². The second-order valence-corrected chi connectivity index (χ2v) is 2.77. The summed E-state index contributed by atoms with van der Waals surface area (Å²) in [6, 6.07) is 0.410. The van der Waals surface area contributed by atoms with E-state index in [1.165, 1.54) is 0 Å². The summed E-state index contributed by atoms with van der Waals surface area (Å²) in [5.41, 5.74) is 0. The van der Waals surface area contributed by atoms with Gasteiger partial charge in [0.25, 0.3) is 0 Å². The molecule has 0 saturated carbocycles. The Morgan fingerprint density at radius 2 is 2.50 bits per heavy atom. The van der Waals surface area contributed by atoms with Crippen molar-refractivity contribution in [2.45, 2.75) is 6.04 Å². The number of hydrogen-bond acceptors (Lipinski definition) is 2. The van der Waals surface area contributed by atoms with E-state index >= 15 is 0 Å². The van der Waals surface area contributed by atoms with Gasteiger partial charge in [-0.3, -0.25) is 4.68 Å². The maximum absolute atomic E-state index is 5.66. The van der Waals surface area contributed by atoms with Gasteiger partial charge >= 0.3 is 0 Å². The highest BCUT2D eigenvalue weighted by atomic mass is 35.5. The van der Waals surface area contributed by atoms with Crippen LogP contribution in [0.5, 0.6) is 0 Å². The lowest BCUT2D eigenvalue weighted by molar-refractivity contribution is -0.0286. The molecule has 2 rings (SSSR count). The predicted molar refractivity (Wildman–Crippen MR) is 37.1 cm³/mol. The van der Waals surface area contributed by atoms with Crippen LogP contribution in [0.2, 0.25) is 5.02 Å². The van der Waals surface area contributed by atoms with E-state index in [4.69, 9.17) is 16.3 Å². The highest BCUT2D eigenvalue weighted by Crippen LogP contribution is 2.17. The van der Waals surface area contributed by atoms with Gasteiger partial charge in [0, 0.05) is 6.20 Å². The average molecular weight is 159 g/mol. The van der Waals surface area contributed by atoms with E-state index in [1.54, 1.807) is 6.20 Å². The van der Waals surface area contributed by atoms with Crippen molar-refractivity contribution in [3.8, 4) is 0 Å². The summed E-state index contributed by atoms with van der Waals surface area (Å²) in [6.07, 6.45) is 3.45. The van der Waals surface area contributed by atoms with Gasteiger partial charge in [-0.2, -0.15) is 5.10 Å². The number of rotatable bonds is 1. The number of hydrogen-bond donors (Lipinski definition) is 0. The Hall–Kier alpha value is -0.540. The fraction of sp³-hybridized carbons (Fsp3) is 0.500. The molecule has 54 valence electrons. The lowest BCUT2D eigenvalue weighted by atomic mass is 10.3. The quantitative estimate of drug-likeness (QED) is 0.612. The van der Waals surface area contributed by atoms with E-state index < -0.39 is 0 Å². The van der Waals surface area contributed by atoms with Crippen LogP contribution in [0.3, 0.4) is 0 Å². The second-order valence-electron chi connectivity index (χ2n) is 2.33. The molecule has 0 atom stereocenters. The van der Waals surface area contributed by atoms with Crippen molar-refractivity contribution in [3.05, 3.63) is 17.4 Å².